The van der Waals surface area contributed by atoms with Gasteiger partial charge in [-0.25, -0.2) is 0 Å². The van der Waals surface area contributed by atoms with Gasteiger partial charge in [-0.05, 0) is 20.8 Å². The predicted molar refractivity (Wildman–Crippen MR) is 104 cm³/mol. The van der Waals surface area contributed by atoms with E-state index in [9.17, 15) is 9.90 Å². The molecule has 1 aliphatic rings. The van der Waals surface area contributed by atoms with Gasteiger partial charge in [0.2, 0.25) is 11.8 Å². The van der Waals surface area contributed by atoms with Crippen LogP contribution in [0.15, 0.2) is 31.6 Å². The zero-order valence-corrected chi connectivity index (χ0v) is 16.8. The molecular weight excluding hydrogens is 372 g/mol. The summed E-state index contributed by atoms with van der Waals surface area (Å²) in [6.45, 7) is 6.93. The molecule has 1 atom stereocenters. The summed E-state index contributed by atoms with van der Waals surface area (Å²) >= 11 is 0. The highest BCUT2D eigenvalue weighted by atomic mass is 16.5. The standard InChI is InChI=1S/C21H20N4O4/c1-11-8-15-18(17(11)19-23-22-13(3)28-19)14(10-25(5)20(15)26)6-7-21(4,27)16-9-12(2)29-24-16/h9-10,27H,8H2,1-5H3/t21-/m1/s1. The molecule has 0 amide bonds. The molecule has 148 valence electrons. The largest absolute Gasteiger partial charge is 0.421 e. The molecule has 3 aromatic heterocycles. The third-order valence-corrected chi connectivity index (χ3v) is 4.90. The van der Waals surface area contributed by atoms with Gasteiger partial charge in [-0.3, -0.25) is 4.79 Å². The number of fused-ring (bicyclic) bond motifs is 1. The first-order valence-electron chi connectivity index (χ1n) is 9.10. The molecule has 3 aromatic rings. The Bertz CT molecular complexity index is 1280. The maximum Gasteiger partial charge on any atom is 0.254 e. The second-order valence-electron chi connectivity index (χ2n) is 7.42. The number of aliphatic hydroxyl groups is 1. The molecule has 0 spiro atoms. The van der Waals surface area contributed by atoms with Crippen LogP contribution in [-0.2, 0) is 19.1 Å². The summed E-state index contributed by atoms with van der Waals surface area (Å²) < 4.78 is 12.2. The van der Waals surface area contributed by atoms with Crippen LogP contribution < -0.4 is 5.56 Å². The van der Waals surface area contributed by atoms with Crippen molar-refractivity contribution in [1.29, 1.82) is 0 Å². The Kier molecular flexibility index (Phi) is 4.28. The van der Waals surface area contributed by atoms with Crippen molar-refractivity contribution in [3.8, 4) is 11.8 Å². The van der Waals surface area contributed by atoms with Crippen LogP contribution in [-0.4, -0.2) is 25.0 Å². The molecule has 3 heterocycles. The van der Waals surface area contributed by atoms with Crippen molar-refractivity contribution in [2.24, 2.45) is 7.05 Å². The molecule has 0 aromatic carbocycles. The number of aromatic nitrogens is 4. The Labute approximate surface area is 166 Å². The Morgan fingerprint density at radius 3 is 2.66 bits per heavy atom. The van der Waals surface area contributed by atoms with E-state index in [1.165, 1.54) is 4.57 Å². The van der Waals surface area contributed by atoms with Gasteiger partial charge >= 0.3 is 0 Å². The minimum absolute atomic E-state index is 0.102. The summed E-state index contributed by atoms with van der Waals surface area (Å²) in [5, 5.41) is 22.6. The molecule has 4 rings (SSSR count). The van der Waals surface area contributed by atoms with Gasteiger partial charge in [0.1, 0.15) is 11.5 Å². The Morgan fingerprint density at radius 1 is 1.28 bits per heavy atom. The van der Waals surface area contributed by atoms with Crippen LogP contribution in [0.1, 0.15) is 53.8 Å². The number of rotatable bonds is 2. The zero-order chi connectivity index (χ0) is 20.9. The van der Waals surface area contributed by atoms with Gasteiger partial charge in [-0.15, -0.1) is 10.2 Å². The molecule has 0 fully saturated rings. The molecule has 0 saturated heterocycles. The van der Waals surface area contributed by atoms with Gasteiger partial charge in [-0.1, -0.05) is 22.6 Å². The fourth-order valence-electron chi connectivity index (χ4n) is 3.45. The fraction of sp³-hybridized carbons (Fsp3) is 0.333. The normalized spacial score (nSPS) is 15.1. The van der Waals surface area contributed by atoms with E-state index in [4.69, 9.17) is 8.94 Å². The van der Waals surface area contributed by atoms with Gasteiger partial charge in [0, 0.05) is 54.9 Å². The monoisotopic (exact) mass is 392 g/mol. The van der Waals surface area contributed by atoms with Crippen LogP contribution in [0.4, 0.5) is 0 Å². The van der Waals surface area contributed by atoms with Crippen LogP contribution in [0.3, 0.4) is 0 Å². The van der Waals surface area contributed by atoms with E-state index in [2.05, 4.69) is 27.2 Å². The third kappa shape index (κ3) is 3.19. The van der Waals surface area contributed by atoms with E-state index < -0.39 is 5.60 Å². The van der Waals surface area contributed by atoms with Crippen molar-refractivity contribution < 1.29 is 14.0 Å². The zero-order valence-electron chi connectivity index (χ0n) is 16.8. The third-order valence-electron chi connectivity index (χ3n) is 4.90. The maximum absolute atomic E-state index is 12.7. The number of allylic oxidation sites excluding steroid dienone is 1. The molecular formula is C21H20N4O4. The van der Waals surface area contributed by atoms with Gasteiger partial charge in [-0.2, -0.15) is 0 Å². The van der Waals surface area contributed by atoms with E-state index in [0.717, 1.165) is 11.1 Å². The first-order valence-corrected chi connectivity index (χ1v) is 9.10. The average molecular weight is 392 g/mol. The lowest BCUT2D eigenvalue weighted by Gasteiger charge is -2.12. The number of aryl methyl sites for hydroxylation is 3. The molecule has 8 heteroatoms. The highest BCUT2D eigenvalue weighted by Gasteiger charge is 2.30. The van der Waals surface area contributed by atoms with Crippen LogP contribution in [0.5, 0.6) is 0 Å². The molecule has 0 bridgehead atoms. The van der Waals surface area contributed by atoms with E-state index >= 15 is 0 Å². The number of hydrogen-bond acceptors (Lipinski definition) is 7. The minimum Gasteiger partial charge on any atom is -0.421 e. The molecule has 1 aliphatic carbocycles. The van der Waals surface area contributed by atoms with E-state index in [1.54, 1.807) is 40.1 Å². The van der Waals surface area contributed by atoms with Gasteiger partial charge in [0.25, 0.3) is 5.56 Å². The summed E-state index contributed by atoms with van der Waals surface area (Å²) in [5.74, 6) is 7.25. The maximum atomic E-state index is 12.7. The number of pyridine rings is 1. The van der Waals surface area contributed by atoms with Crippen LogP contribution in [0, 0.1) is 25.7 Å². The van der Waals surface area contributed by atoms with E-state index in [-0.39, 0.29) is 5.56 Å². The Morgan fingerprint density at radius 2 is 2.03 bits per heavy atom. The second-order valence-corrected chi connectivity index (χ2v) is 7.42. The van der Waals surface area contributed by atoms with Gasteiger partial charge in [0.05, 0.1) is 0 Å². The molecule has 8 nitrogen and oxygen atoms in total. The lowest BCUT2D eigenvalue weighted by molar-refractivity contribution is 0.112. The molecule has 0 unspecified atom stereocenters. The van der Waals surface area contributed by atoms with Gasteiger partial charge in [0.15, 0.2) is 5.60 Å². The highest BCUT2D eigenvalue weighted by molar-refractivity contribution is 5.86. The van der Waals surface area contributed by atoms with Crippen molar-refractivity contribution in [1.82, 2.24) is 19.9 Å². The predicted octanol–water partition coefficient (Wildman–Crippen LogP) is 2.01. The average Bonchev–Trinajstić information content (AvgIpc) is 3.36. The SMILES string of the molecule is CC1=C(c2nnc(C)o2)c2c(C#C[C@@](C)(O)c3cc(C)on3)cn(C)c(=O)c2C1. The van der Waals surface area contributed by atoms with Crippen molar-refractivity contribution in [3.05, 3.63) is 68.1 Å². The molecule has 0 saturated carbocycles. The molecule has 0 radical (unpaired) electrons. The quantitative estimate of drug-likeness (QED) is 0.665. The molecule has 0 aliphatic heterocycles. The summed E-state index contributed by atoms with van der Waals surface area (Å²) in [6, 6.07) is 1.64. The number of hydrogen-bond donors (Lipinski definition) is 1. The van der Waals surface area contributed by atoms with Crippen LogP contribution in [0.2, 0.25) is 0 Å². The van der Waals surface area contributed by atoms with Crippen molar-refractivity contribution >= 4 is 5.57 Å². The molecule has 1 N–H and O–H groups in total. The second kappa shape index (κ2) is 6.57. The first kappa shape index (κ1) is 18.9. The topological polar surface area (TPSA) is 107 Å². The van der Waals surface area contributed by atoms with Crippen LogP contribution in [0.25, 0.3) is 5.57 Å². The summed E-state index contributed by atoms with van der Waals surface area (Å²) in [4.78, 5) is 12.7. The van der Waals surface area contributed by atoms with Crippen molar-refractivity contribution in [2.75, 3.05) is 0 Å². The smallest absolute Gasteiger partial charge is 0.254 e. The van der Waals surface area contributed by atoms with Crippen LogP contribution >= 0.6 is 0 Å². The Hall–Kier alpha value is -3.44. The Balaban J connectivity index is 1.88. The fourth-order valence-corrected chi connectivity index (χ4v) is 3.45. The lowest BCUT2D eigenvalue weighted by atomic mass is 9.98. The van der Waals surface area contributed by atoms with Crippen molar-refractivity contribution in [3.63, 3.8) is 0 Å². The highest BCUT2D eigenvalue weighted by Crippen LogP contribution is 2.37. The van der Waals surface area contributed by atoms with Crippen molar-refractivity contribution in [2.45, 2.75) is 39.7 Å². The summed E-state index contributed by atoms with van der Waals surface area (Å²) in [7, 11) is 1.68. The first-order chi connectivity index (χ1) is 13.7. The van der Waals surface area contributed by atoms with E-state index in [0.29, 0.717) is 46.3 Å². The minimum atomic E-state index is -1.52. The lowest BCUT2D eigenvalue weighted by Crippen LogP contribution is -2.22. The summed E-state index contributed by atoms with van der Waals surface area (Å²) in [5.41, 5.74) is 2.27. The molecule has 29 heavy (non-hydrogen) atoms. The van der Waals surface area contributed by atoms with Gasteiger partial charge < -0.3 is 18.6 Å². The van der Waals surface area contributed by atoms with E-state index in [1.807, 2.05) is 6.92 Å². The number of nitrogens with zero attached hydrogens (tertiary/aromatic N) is 4. The summed E-state index contributed by atoms with van der Waals surface area (Å²) in [6.07, 6.45) is 2.13.